The van der Waals surface area contributed by atoms with Crippen LogP contribution in [0.15, 0.2) is 12.3 Å². The molecule has 2 heterocycles. The zero-order chi connectivity index (χ0) is 13.0. The number of rotatable bonds is 5. The lowest BCUT2D eigenvalue weighted by Crippen LogP contribution is -2.42. The molecule has 1 N–H and O–H groups in total. The quantitative estimate of drug-likeness (QED) is 0.867. The molecule has 0 aromatic carbocycles. The number of nitrogens with zero attached hydrogens (tertiary/aromatic N) is 3. The lowest BCUT2D eigenvalue weighted by molar-refractivity contribution is 0.0932. The van der Waals surface area contributed by atoms with Crippen molar-refractivity contribution in [2.45, 2.75) is 44.7 Å². The highest BCUT2D eigenvalue weighted by Crippen LogP contribution is 2.29. The first-order valence-electron chi connectivity index (χ1n) is 7.12. The van der Waals surface area contributed by atoms with Crippen LogP contribution in [-0.4, -0.2) is 40.9 Å². The molecular formula is C14H26N4. The second-order valence-electron chi connectivity index (χ2n) is 5.34. The predicted molar refractivity (Wildman–Crippen MR) is 74.5 cm³/mol. The monoisotopic (exact) mass is 250 g/mol. The zero-order valence-corrected chi connectivity index (χ0v) is 11.9. The SMILES string of the molecule is CNCCC1CCCCN1C(C)c1ccnn1C. The van der Waals surface area contributed by atoms with Gasteiger partial charge in [0, 0.05) is 25.3 Å². The van der Waals surface area contributed by atoms with Crippen molar-refractivity contribution in [2.24, 2.45) is 7.05 Å². The zero-order valence-electron chi connectivity index (χ0n) is 11.9. The predicted octanol–water partition coefficient (Wildman–Crippen LogP) is 1.95. The molecule has 1 aliphatic rings. The van der Waals surface area contributed by atoms with Gasteiger partial charge in [-0.05, 0) is 52.4 Å². The van der Waals surface area contributed by atoms with E-state index in [-0.39, 0.29) is 0 Å². The Bertz CT molecular complexity index is 360. The summed E-state index contributed by atoms with van der Waals surface area (Å²) >= 11 is 0. The molecule has 2 unspecified atom stereocenters. The van der Waals surface area contributed by atoms with Crippen molar-refractivity contribution in [2.75, 3.05) is 20.1 Å². The van der Waals surface area contributed by atoms with Crippen LogP contribution in [0.3, 0.4) is 0 Å². The Morgan fingerprint density at radius 2 is 2.33 bits per heavy atom. The molecule has 1 fully saturated rings. The maximum Gasteiger partial charge on any atom is 0.0549 e. The molecule has 4 nitrogen and oxygen atoms in total. The van der Waals surface area contributed by atoms with Gasteiger partial charge in [-0.2, -0.15) is 5.10 Å². The fraction of sp³-hybridized carbons (Fsp3) is 0.786. The molecule has 0 aliphatic carbocycles. The second kappa shape index (κ2) is 6.34. The van der Waals surface area contributed by atoms with Crippen molar-refractivity contribution in [3.8, 4) is 0 Å². The van der Waals surface area contributed by atoms with Crippen molar-refractivity contribution >= 4 is 0 Å². The summed E-state index contributed by atoms with van der Waals surface area (Å²) in [6, 6.07) is 3.34. The van der Waals surface area contributed by atoms with Gasteiger partial charge in [0.25, 0.3) is 0 Å². The third kappa shape index (κ3) is 2.93. The van der Waals surface area contributed by atoms with Gasteiger partial charge in [-0.3, -0.25) is 9.58 Å². The Balaban J connectivity index is 2.06. The third-order valence-electron chi connectivity index (χ3n) is 4.18. The van der Waals surface area contributed by atoms with Crippen molar-refractivity contribution in [3.63, 3.8) is 0 Å². The van der Waals surface area contributed by atoms with Crippen LogP contribution in [-0.2, 0) is 7.05 Å². The Morgan fingerprint density at radius 1 is 1.50 bits per heavy atom. The van der Waals surface area contributed by atoms with Crippen molar-refractivity contribution in [3.05, 3.63) is 18.0 Å². The van der Waals surface area contributed by atoms with Gasteiger partial charge in [-0.25, -0.2) is 0 Å². The normalized spacial score (nSPS) is 23.2. The van der Waals surface area contributed by atoms with Gasteiger partial charge >= 0.3 is 0 Å². The Kier molecular flexibility index (Phi) is 4.78. The van der Waals surface area contributed by atoms with E-state index < -0.39 is 0 Å². The van der Waals surface area contributed by atoms with E-state index in [9.17, 15) is 0 Å². The molecule has 0 amide bonds. The topological polar surface area (TPSA) is 33.1 Å². The average Bonchev–Trinajstić information content (AvgIpc) is 2.82. The minimum atomic E-state index is 0.472. The van der Waals surface area contributed by atoms with E-state index in [4.69, 9.17) is 0 Å². The van der Waals surface area contributed by atoms with Gasteiger partial charge in [0.05, 0.1) is 5.69 Å². The van der Waals surface area contributed by atoms with Crippen molar-refractivity contribution in [1.82, 2.24) is 20.0 Å². The molecule has 4 heteroatoms. The smallest absolute Gasteiger partial charge is 0.0549 e. The van der Waals surface area contributed by atoms with E-state index in [1.165, 1.54) is 37.9 Å². The van der Waals surface area contributed by atoms with Crippen LogP contribution in [0.5, 0.6) is 0 Å². The fourth-order valence-corrected chi connectivity index (χ4v) is 3.12. The third-order valence-corrected chi connectivity index (χ3v) is 4.18. The first-order valence-corrected chi connectivity index (χ1v) is 7.12. The number of aryl methyl sites for hydroxylation is 1. The first kappa shape index (κ1) is 13.6. The molecule has 1 aromatic heterocycles. The summed E-state index contributed by atoms with van der Waals surface area (Å²) < 4.78 is 2.01. The number of hydrogen-bond acceptors (Lipinski definition) is 3. The van der Waals surface area contributed by atoms with E-state index >= 15 is 0 Å². The van der Waals surface area contributed by atoms with Gasteiger partial charge in [0.15, 0.2) is 0 Å². The second-order valence-corrected chi connectivity index (χ2v) is 5.34. The molecule has 102 valence electrons. The summed E-state index contributed by atoms with van der Waals surface area (Å²) in [7, 11) is 4.08. The van der Waals surface area contributed by atoms with Crippen LogP contribution in [0.2, 0.25) is 0 Å². The van der Waals surface area contributed by atoms with Crippen molar-refractivity contribution < 1.29 is 0 Å². The molecule has 1 aromatic rings. The first-order chi connectivity index (χ1) is 8.74. The highest BCUT2D eigenvalue weighted by atomic mass is 15.3. The van der Waals surface area contributed by atoms with Crippen molar-refractivity contribution in [1.29, 1.82) is 0 Å². The maximum atomic E-state index is 4.30. The molecule has 0 spiro atoms. The molecule has 2 rings (SSSR count). The van der Waals surface area contributed by atoms with Gasteiger partial charge in [-0.15, -0.1) is 0 Å². The summed E-state index contributed by atoms with van der Waals surface area (Å²) in [5, 5.41) is 7.57. The summed E-state index contributed by atoms with van der Waals surface area (Å²) in [5.41, 5.74) is 1.33. The Hall–Kier alpha value is -0.870. The lowest BCUT2D eigenvalue weighted by Gasteiger charge is -2.40. The summed E-state index contributed by atoms with van der Waals surface area (Å²) in [6.45, 7) is 4.65. The van der Waals surface area contributed by atoms with Crippen LogP contribution >= 0.6 is 0 Å². The minimum absolute atomic E-state index is 0.472. The molecular weight excluding hydrogens is 224 g/mol. The minimum Gasteiger partial charge on any atom is -0.320 e. The van der Waals surface area contributed by atoms with E-state index in [1.807, 2.05) is 25.0 Å². The Labute approximate surface area is 110 Å². The van der Waals surface area contributed by atoms with Gasteiger partial charge in [-0.1, -0.05) is 6.42 Å². The molecule has 0 radical (unpaired) electrons. The number of likely N-dealkylation sites (tertiary alicyclic amines) is 1. The molecule has 1 aliphatic heterocycles. The molecule has 2 atom stereocenters. The van der Waals surface area contributed by atoms with Crippen LogP contribution in [0.1, 0.15) is 44.3 Å². The number of piperidine rings is 1. The van der Waals surface area contributed by atoms with Gasteiger partial charge in [0.2, 0.25) is 0 Å². The molecule has 1 saturated heterocycles. The summed E-state index contributed by atoms with van der Waals surface area (Å²) in [4.78, 5) is 2.66. The lowest BCUT2D eigenvalue weighted by atomic mass is 9.96. The van der Waals surface area contributed by atoms with Crippen LogP contribution in [0.4, 0.5) is 0 Å². The van der Waals surface area contributed by atoms with Crippen LogP contribution in [0.25, 0.3) is 0 Å². The number of hydrogen-bond donors (Lipinski definition) is 1. The highest BCUT2D eigenvalue weighted by molar-refractivity contribution is 5.06. The van der Waals surface area contributed by atoms with E-state index in [2.05, 4.69) is 28.3 Å². The highest BCUT2D eigenvalue weighted by Gasteiger charge is 2.27. The standard InChI is InChI=1S/C14H26N4/c1-12(14-8-10-16-17(14)3)18-11-5-4-6-13(18)7-9-15-2/h8,10,12-13,15H,4-7,9,11H2,1-3H3. The van der Waals surface area contributed by atoms with Gasteiger partial charge < -0.3 is 5.32 Å². The number of aromatic nitrogens is 2. The van der Waals surface area contributed by atoms with Crippen LogP contribution < -0.4 is 5.32 Å². The molecule has 0 bridgehead atoms. The summed E-state index contributed by atoms with van der Waals surface area (Å²) in [5.74, 6) is 0. The van der Waals surface area contributed by atoms with E-state index in [1.54, 1.807) is 0 Å². The summed E-state index contributed by atoms with van der Waals surface area (Å²) in [6.07, 6.45) is 7.20. The Morgan fingerprint density at radius 3 is 3.00 bits per heavy atom. The van der Waals surface area contributed by atoms with Gasteiger partial charge in [0.1, 0.15) is 0 Å². The average molecular weight is 250 g/mol. The van der Waals surface area contributed by atoms with Crippen LogP contribution in [0, 0.1) is 0 Å². The molecule has 18 heavy (non-hydrogen) atoms. The maximum absolute atomic E-state index is 4.30. The van der Waals surface area contributed by atoms with E-state index in [0.29, 0.717) is 6.04 Å². The molecule has 0 saturated carbocycles. The van der Waals surface area contributed by atoms with E-state index in [0.717, 1.165) is 12.6 Å². The largest absolute Gasteiger partial charge is 0.320 e. The fourth-order valence-electron chi connectivity index (χ4n) is 3.12. The number of nitrogens with one attached hydrogen (secondary N) is 1.